The Morgan fingerprint density at radius 2 is 2.07 bits per heavy atom. The van der Waals surface area contributed by atoms with Gasteiger partial charge in [-0.05, 0) is 31.2 Å². The summed E-state index contributed by atoms with van der Waals surface area (Å²) in [7, 11) is 1.84. The molecule has 1 aliphatic heterocycles. The van der Waals surface area contributed by atoms with E-state index in [0.29, 0.717) is 18.9 Å². The average Bonchev–Trinajstić information content (AvgIpc) is 3.00. The molecule has 0 saturated carbocycles. The molecule has 3 heterocycles. The number of carbonyl (C=O) groups excluding carboxylic acids is 1. The molecule has 0 radical (unpaired) electrons. The van der Waals surface area contributed by atoms with Crippen molar-refractivity contribution in [1.29, 1.82) is 0 Å². The number of carbonyl (C=O) groups is 1. The van der Waals surface area contributed by atoms with Crippen molar-refractivity contribution in [3.63, 3.8) is 0 Å². The smallest absolute Gasteiger partial charge is 0.272 e. The van der Waals surface area contributed by atoms with E-state index >= 15 is 0 Å². The topological polar surface area (TPSA) is 85.2 Å². The second-order valence-electron chi connectivity index (χ2n) is 8.54. The Hall–Kier alpha value is -2.48. The van der Waals surface area contributed by atoms with Crippen LogP contribution in [0.5, 0.6) is 0 Å². The molecule has 0 unspecified atom stereocenters. The predicted molar refractivity (Wildman–Crippen MR) is 105 cm³/mol. The summed E-state index contributed by atoms with van der Waals surface area (Å²) in [6.45, 7) is 9.39. The van der Waals surface area contributed by atoms with Crippen LogP contribution in [0, 0.1) is 12.3 Å². The number of aromatic nitrogens is 4. The van der Waals surface area contributed by atoms with E-state index in [9.17, 15) is 4.79 Å². The summed E-state index contributed by atoms with van der Waals surface area (Å²) in [6.07, 6.45) is 3.60. The Bertz CT molecular complexity index is 865. The minimum atomic E-state index is -0.158. The zero-order chi connectivity index (χ0) is 19.9. The van der Waals surface area contributed by atoms with Crippen LogP contribution in [0.3, 0.4) is 0 Å². The number of anilines is 1. The predicted octanol–water partition coefficient (Wildman–Crippen LogP) is 1.80. The molecule has 0 spiro atoms. The number of rotatable bonds is 3. The molecule has 2 aromatic rings. The number of fused-ring (bicyclic) bond motifs is 1. The summed E-state index contributed by atoms with van der Waals surface area (Å²) < 4.78 is 7.14. The first kappa shape index (κ1) is 18.9. The summed E-state index contributed by atoms with van der Waals surface area (Å²) >= 11 is 0. The molecule has 0 aromatic carbocycles. The standard InChI is InChI=1S/C20H28N6O2/c1-13-9-15(24-25(13)4)18(27)22-16-10-20(2,3)11-17-14(16)12-21-19(23-17)26-5-7-28-8-6-26/h9,12,16H,5-8,10-11H2,1-4H3,(H,22,27)/t16-/m0/s1. The highest BCUT2D eigenvalue weighted by atomic mass is 16.5. The molecule has 1 saturated heterocycles. The maximum Gasteiger partial charge on any atom is 0.272 e. The number of hydrogen-bond acceptors (Lipinski definition) is 6. The van der Waals surface area contributed by atoms with E-state index < -0.39 is 0 Å². The van der Waals surface area contributed by atoms with Gasteiger partial charge in [-0.15, -0.1) is 0 Å². The van der Waals surface area contributed by atoms with E-state index in [1.54, 1.807) is 4.68 Å². The van der Waals surface area contributed by atoms with Gasteiger partial charge in [0.2, 0.25) is 5.95 Å². The fraction of sp³-hybridized carbons (Fsp3) is 0.600. The second-order valence-corrected chi connectivity index (χ2v) is 8.54. The van der Waals surface area contributed by atoms with Gasteiger partial charge in [-0.1, -0.05) is 13.8 Å². The maximum atomic E-state index is 12.8. The third kappa shape index (κ3) is 3.73. The number of amides is 1. The summed E-state index contributed by atoms with van der Waals surface area (Å²) in [5.41, 5.74) is 3.47. The van der Waals surface area contributed by atoms with Gasteiger partial charge in [-0.25, -0.2) is 9.97 Å². The highest BCUT2D eigenvalue weighted by molar-refractivity contribution is 5.92. The Balaban J connectivity index is 1.59. The van der Waals surface area contributed by atoms with Crippen molar-refractivity contribution in [3.8, 4) is 0 Å². The average molecular weight is 384 g/mol. The van der Waals surface area contributed by atoms with Gasteiger partial charge in [0, 0.05) is 37.6 Å². The zero-order valence-electron chi connectivity index (χ0n) is 17.0. The SMILES string of the molecule is Cc1cc(C(=O)N[C@H]2CC(C)(C)Cc3nc(N4CCOCC4)ncc32)nn1C. The molecule has 1 aliphatic carbocycles. The Morgan fingerprint density at radius 1 is 1.32 bits per heavy atom. The van der Waals surface area contributed by atoms with Gasteiger partial charge in [0.15, 0.2) is 0 Å². The maximum absolute atomic E-state index is 12.8. The number of nitrogens with zero attached hydrogens (tertiary/aromatic N) is 5. The lowest BCUT2D eigenvalue weighted by molar-refractivity contribution is 0.0913. The van der Waals surface area contributed by atoms with Crippen molar-refractivity contribution in [1.82, 2.24) is 25.1 Å². The third-order valence-electron chi connectivity index (χ3n) is 5.61. The van der Waals surface area contributed by atoms with Crippen LogP contribution in [-0.4, -0.2) is 52.0 Å². The van der Waals surface area contributed by atoms with Crippen molar-refractivity contribution in [2.24, 2.45) is 12.5 Å². The summed E-state index contributed by atoms with van der Waals surface area (Å²) in [4.78, 5) is 24.4. The lowest BCUT2D eigenvalue weighted by atomic mass is 9.74. The van der Waals surface area contributed by atoms with Gasteiger partial charge in [-0.2, -0.15) is 5.10 Å². The van der Waals surface area contributed by atoms with Crippen molar-refractivity contribution < 1.29 is 9.53 Å². The largest absolute Gasteiger partial charge is 0.378 e. The Kier molecular flexibility index (Phi) is 4.82. The van der Waals surface area contributed by atoms with Gasteiger partial charge in [0.1, 0.15) is 5.69 Å². The monoisotopic (exact) mass is 384 g/mol. The molecule has 28 heavy (non-hydrogen) atoms. The fourth-order valence-electron chi connectivity index (χ4n) is 3.98. The number of ether oxygens (including phenoxy) is 1. The van der Waals surface area contributed by atoms with Gasteiger partial charge >= 0.3 is 0 Å². The van der Waals surface area contributed by atoms with Crippen LogP contribution in [0.2, 0.25) is 0 Å². The van der Waals surface area contributed by atoms with Crippen LogP contribution in [0.4, 0.5) is 5.95 Å². The highest BCUT2D eigenvalue weighted by Crippen LogP contribution is 2.40. The number of aryl methyl sites for hydroxylation is 2. The normalized spacial score (nSPS) is 21.3. The zero-order valence-corrected chi connectivity index (χ0v) is 17.0. The molecular weight excluding hydrogens is 356 g/mol. The minimum Gasteiger partial charge on any atom is -0.378 e. The fourth-order valence-corrected chi connectivity index (χ4v) is 3.98. The Labute approximate surface area is 165 Å². The molecule has 4 rings (SSSR count). The lowest BCUT2D eigenvalue weighted by Gasteiger charge is -2.37. The van der Waals surface area contributed by atoms with E-state index in [4.69, 9.17) is 9.72 Å². The molecule has 2 aliphatic rings. The lowest BCUT2D eigenvalue weighted by Crippen LogP contribution is -2.39. The van der Waals surface area contributed by atoms with E-state index in [0.717, 1.165) is 48.8 Å². The van der Waals surface area contributed by atoms with Crippen LogP contribution in [-0.2, 0) is 18.2 Å². The molecule has 8 nitrogen and oxygen atoms in total. The summed E-state index contributed by atoms with van der Waals surface area (Å²) in [5, 5.41) is 7.46. The van der Waals surface area contributed by atoms with Gasteiger partial charge < -0.3 is 15.0 Å². The minimum absolute atomic E-state index is 0.0433. The Morgan fingerprint density at radius 3 is 2.75 bits per heavy atom. The van der Waals surface area contributed by atoms with E-state index in [-0.39, 0.29) is 17.4 Å². The first-order chi connectivity index (χ1) is 13.3. The second kappa shape index (κ2) is 7.16. The number of nitrogens with one attached hydrogen (secondary N) is 1. The molecule has 2 aromatic heterocycles. The molecule has 8 heteroatoms. The molecule has 1 atom stereocenters. The van der Waals surface area contributed by atoms with Crippen LogP contribution in [0.25, 0.3) is 0 Å². The van der Waals surface area contributed by atoms with Crippen LogP contribution in [0.1, 0.15) is 53.7 Å². The van der Waals surface area contributed by atoms with Crippen molar-refractivity contribution in [2.75, 3.05) is 31.2 Å². The summed E-state index contributed by atoms with van der Waals surface area (Å²) in [6, 6.07) is 1.69. The number of hydrogen-bond donors (Lipinski definition) is 1. The molecule has 1 N–H and O–H groups in total. The van der Waals surface area contributed by atoms with Crippen LogP contribution < -0.4 is 10.2 Å². The van der Waals surface area contributed by atoms with E-state index in [1.807, 2.05) is 26.2 Å². The highest BCUT2D eigenvalue weighted by Gasteiger charge is 2.35. The van der Waals surface area contributed by atoms with Crippen molar-refractivity contribution in [2.45, 2.75) is 39.7 Å². The molecule has 1 amide bonds. The van der Waals surface area contributed by atoms with Gasteiger partial charge in [-0.3, -0.25) is 9.48 Å². The molecule has 150 valence electrons. The summed E-state index contributed by atoms with van der Waals surface area (Å²) in [5.74, 6) is 0.597. The van der Waals surface area contributed by atoms with E-state index in [2.05, 4.69) is 34.1 Å². The van der Waals surface area contributed by atoms with E-state index in [1.165, 1.54) is 0 Å². The van der Waals surface area contributed by atoms with Crippen molar-refractivity contribution in [3.05, 3.63) is 34.9 Å². The van der Waals surface area contributed by atoms with Gasteiger partial charge in [0.25, 0.3) is 5.91 Å². The quantitative estimate of drug-likeness (QED) is 0.869. The van der Waals surface area contributed by atoms with Gasteiger partial charge in [0.05, 0.1) is 24.9 Å². The third-order valence-corrected chi connectivity index (χ3v) is 5.61. The molecular formula is C20H28N6O2. The first-order valence-electron chi connectivity index (χ1n) is 9.82. The number of morpholine rings is 1. The van der Waals surface area contributed by atoms with Crippen LogP contribution >= 0.6 is 0 Å². The molecule has 0 bridgehead atoms. The van der Waals surface area contributed by atoms with Crippen molar-refractivity contribution >= 4 is 11.9 Å². The first-order valence-corrected chi connectivity index (χ1v) is 9.82. The van der Waals surface area contributed by atoms with Crippen LogP contribution in [0.15, 0.2) is 12.3 Å². The molecule has 1 fully saturated rings.